The van der Waals surface area contributed by atoms with Crippen molar-refractivity contribution in [2.24, 2.45) is 5.41 Å². The van der Waals surface area contributed by atoms with Crippen LogP contribution in [0.4, 0.5) is 0 Å². The number of rotatable bonds is 13. The minimum absolute atomic E-state index is 0.0545. The molecule has 0 saturated carbocycles. The monoisotopic (exact) mass is 400 g/mol. The van der Waals surface area contributed by atoms with Gasteiger partial charge in [-0.3, -0.25) is 4.79 Å². The highest BCUT2D eigenvalue weighted by molar-refractivity contribution is 8.00. The summed E-state index contributed by atoms with van der Waals surface area (Å²) in [5, 5.41) is -0.0860. The second-order valence-electron chi connectivity index (χ2n) is 6.60. The molecule has 0 saturated heterocycles. The minimum Gasteiger partial charge on any atom is -0.465 e. The molecule has 3 heteroatoms. The van der Waals surface area contributed by atoms with Gasteiger partial charge in [-0.15, -0.1) is 11.8 Å². The van der Waals surface area contributed by atoms with Gasteiger partial charge >= 0.3 is 5.97 Å². The number of allylic oxidation sites excluding steroid dienone is 12. The zero-order valence-electron chi connectivity index (χ0n) is 17.7. The molecule has 0 aromatic rings. The van der Waals surface area contributed by atoms with Gasteiger partial charge in [-0.1, -0.05) is 86.8 Å². The summed E-state index contributed by atoms with van der Waals surface area (Å²) in [6.07, 6.45) is 31.2. The van der Waals surface area contributed by atoms with Gasteiger partial charge in [0.2, 0.25) is 0 Å². The third kappa shape index (κ3) is 9.98. The number of hydrogen-bond donors (Lipinski definition) is 0. The van der Waals surface area contributed by atoms with Gasteiger partial charge in [0.05, 0.1) is 6.61 Å². The molecule has 1 unspecified atom stereocenters. The molecule has 0 N–H and O–H groups in total. The SMILES string of the molecule is CC/C=C\C1(/C=C\C/C=C\C/C=C\CC(SCC)C(=O)OCC)C=CCC=C1. The lowest BCUT2D eigenvalue weighted by Gasteiger charge is -2.21. The first-order valence-electron chi connectivity index (χ1n) is 10.5. The minimum atomic E-state index is -0.100. The summed E-state index contributed by atoms with van der Waals surface area (Å²) in [6.45, 7) is 6.53. The molecule has 1 rings (SSSR count). The van der Waals surface area contributed by atoms with E-state index in [4.69, 9.17) is 4.74 Å². The van der Waals surface area contributed by atoms with E-state index in [0.717, 1.165) is 37.9 Å². The van der Waals surface area contributed by atoms with E-state index in [9.17, 15) is 4.79 Å². The second kappa shape index (κ2) is 15.2. The fourth-order valence-corrected chi connectivity index (χ4v) is 3.74. The Morgan fingerprint density at radius 2 is 1.64 bits per heavy atom. The summed E-state index contributed by atoms with van der Waals surface area (Å²) >= 11 is 1.65. The van der Waals surface area contributed by atoms with E-state index >= 15 is 0 Å². The van der Waals surface area contributed by atoms with Gasteiger partial charge in [-0.05, 0) is 44.8 Å². The standard InChI is InChI=1S/C25H36O2S/c1-4-7-19-25(21-16-13-17-22-25)20-15-12-10-8-9-11-14-18-23(28-6-3)24(26)27-5-2/h7-8,10-11,14-17,19-23H,4-6,9,12-13,18H2,1-3H3/b10-8-,14-11-,19-7-,20-15-. The third-order valence-corrected chi connectivity index (χ3v) is 5.40. The average Bonchev–Trinajstić information content (AvgIpc) is 2.71. The quantitative estimate of drug-likeness (QED) is 0.246. The summed E-state index contributed by atoms with van der Waals surface area (Å²) in [4.78, 5) is 11.9. The molecule has 0 fully saturated rings. The van der Waals surface area contributed by atoms with E-state index in [-0.39, 0.29) is 16.6 Å². The van der Waals surface area contributed by atoms with Gasteiger partial charge in [-0.2, -0.15) is 0 Å². The Kier molecular flexibility index (Phi) is 13.2. The first kappa shape index (κ1) is 24.3. The molecular weight excluding hydrogens is 364 g/mol. The molecule has 28 heavy (non-hydrogen) atoms. The Labute approximate surface area is 176 Å². The normalized spacial score (nSPS) is 17.4. The van der Waals surface area contributed by atoms with Crippen LogP contribution in [0, 0.1) is 5.41 Å². The van der Waals surface area contributed by atoms with E-state index in [1.54, 1.807) is 11.8 Å². The Bertz CT molecular complexity index is 596. The highest BCUT2D eigenvalue weighted by atomic mass is 32.2. The number of carbonyl (C=O) groups excluding carboxylic acids is 1. The van der Waals surface area contributed by atoms with Crippen molar-refractivity contribution in [1.82, 2.24) is 0 Å². The summed E-state index contributed by atoms with van der Waals surface area (Å²) < 4.78 is 5.13. The molecule has 0 aliphatic heterocycles. The molecule has 0 bridgehead atoms. The molecule has 2 nitrogen and oxygen atoms in total. The van der Waals surface area contributed by atoms with Crippen LogP contribution in [-0.4, -0.2) is 23.6 Å². The zero-order chi connectivity index (χ0) is 20.5. The molecule has 1 aliphatic carbocycles. The number of hydrogen-bond acceptors (Lipinski definition) is 3. The lowest BCUT2D eigenvalue weighted by molar-refractivity contribution is -0.142. The molecule has 0 aromatic carbocycles. The Hall–Kier alpha value is -1.74. The van der Waals surface area contributed by atoms with Crippen molar-refractivity contribution in [2.45, 2.75) is 58.1 Å². The second-order valence-corrected chi connectivity index (χ2v) is 8.08. The highest BCUT2D eigenvalue weighted by Crippen LogP contribution is 2.29. The lowest BCUT2D eigenvalue weighted by atomic mass is 9.83. The van der Waals surface area contributed by atoms with E-state index < -0.39 is 0 Å². The molecule has 0 amide bonds. The van der Waals surface area contributed by atoms with E-state index in [1.807, 2.05) is 6.92 Å². The van der Waals surface area contributed by atoms with Crippen molar-refractivity contribution >= 4 is 17.7 Å². The van der Waals surface area contributed by atoms with Crippen LogP contribution < -0.4 is 0 Å². The number of carbonyl (C=O) groups is 1. The molecule has 0 aromatic heterocycles. The van der Waals surface area contributed by atoms with Crippen LogP contribution in [0.1, 0.15) is 52.9 Å². The summed E-state index contributed by atoms with van der Waals surface area (Å²) in [6, 6.07) is 0. The van der Waals surface area contributed by atoms with E-state index in [2.05, 4.69) is 86.8 Å². The van der Waals surface area contributed by atoms with Crippen molar-refractivity contribution in [3.05, 3.63) is 72.9 Å². The van der Waals surface area contributed by atoms with Gasteiger partial charge in [0.15, 0.2) is 0 Å². The molecule has 1 atom stereocenters. The maximum atomic E-state index is 11.9. The third-order valence-electron chi connectivity index (χ3n) is 4.28. The molecule has 0 spiro atoms. The molecular formula is C25H36O2S. The Morgan fingerprint density at radius 3 is 2.29 bits per heavy atom. The maximum absolute atomic E-state index is 11.9. The predicted octanol–water partition coefficient (Wildman–Crippen LogP) is 6.98. The smallest absolute Gasteiger partial charge is 0.319 e. The molecule has 0 heterocycles. The summed E-state index contributed by atoms with van der Waals surface area (Å²) in [7, 11) is 0. The van der Waals surface area contributed by atoms with Crippen LogP contribution in [0.3, 0.4) is 0 Å². The van der Waals surface area contributed by atoms with Crippen LogP contribution in [-0.2, 0) is 9.53 Å². The van der Waals surface area contributed by atoms with Crippen LogP contribution >= 0.6 is 11.8 Å². The number of esters is 1. The average molecular weight is 401 g/mol. The fourth-order valence-electron chi connectivity index (χ4n) is 2.88. The first-order chi connectivity index (χ1) is 13.7. The molecule has 154 valence electrons. The van der Waals surface area contributed by atoms with Gasteiger partial charge in [0, 0.05) is 5.41 Å². The summed E-state index contributed by atoms with van der Waals surface area (Å²) in [5.74, 6) is 0.819. The van der Waals surface area contributed by atoms with Crippen molar-refractivity contribution in [1.29, 1.82) is 0 Å². The number of ether oxygens (including phenoxy) is 1. The fraction of sp³-hybridized carbons (Fsp3) is 0.480. The Balaban J connectivity index is 2.40. The molecule has 1 aliphatic rings. The highest BCUT2D eigenvalue weighted by Gasteiger charge is 2.18. The van der Waals surface area contributed by atoms with Gasteiger partial charge < -0.3 is 4.74 Å². The van der Waals surface area contributed by atoms with E-state index in [0.29, 0.717) is 6.61 Å². The van der Waals surface area contributed by atoms with Crippen molar-refractivity contribution in [3.63, 3.8) is 0 Å². The van der Waals surface area contributed by atoms with Gasteiger partial charge in [0.25, 0.3) is 0 Å². The van der Waals surface area contributed by atoms with Gasteiger partial charge in [-0.25, -0.2) is 0 Å². The zero-order valence-corrected chi connectivity index (χ0v) is 18.5. The van der Waals surface area contributed by atoms with Crippen LogP contribution in [0.2, 0.25) is 0 Å². The van der Waals surface area contributed by atoms with Gasteiger partial charge in [0.1, 0.15) is 5.25 Å². The van der Waals surface area contributed by atoms with Crippen molar-refractivity contribution in [2.75, 3.05) is 12.4 Å². The van der Waals surface area contributed by atoms with E-state index in [1.165, 1.54) is 0 Å². The number of thioether (sulfide) groups is 1. The van der Waals surface area contributed by atoms with Crippen LogP contribution in [0.25, 0.3) is 0 Å². The molecule has 0 radical (unpaired) electrons. The lowest BCUT2D eigenvalue weighted by Crippen LogP contribution is -2.19. The van der Waals surface area contributed by atoms with Crippen molar-refractivity contribution < 1.29 is 9.53 Å². The summed E-state index contributed by atoms with van der Waals surface area (Å²) in [5.41, 5.74) is -0.0545. The maximum Gasteiger partial charge on any atom is 0.319 e. The van der Waals surface area contributed by atoms with Crippen molar-refractivity contribution in [3.8, 4) is 0 Å². The topological polar surface area (TPSA) is 26.3 Å². The Morgan fingerprint density at radius 1 is 1.00 bits per heavy atom. The van der Waals surface area contributed by atoms with Crippen LogP contribution in [0.5, 0.6) is 0 Å². The largest absolute Gasteiger partial charge is 0.465 e. The predicted molar refractivity (Wildman–Crippen MR) is 125 cm³/mol. The van der Waals surface area contributed by atoms with Crippen LogP contribution in [0.15, 0.2) is 72.9 Å². The first-order valence-corrected chi connectivity index (χ1v) is 11.5.